The Balaban J connectivity index is 2.74. The third kappa shape index (κ3) is 5.19. The molecular formula is C16H27N3O. The van der Waals surface area contributed by atoms with E-state index in [1.165, 1.54) is 0 Å². The predicted molar refractivity (Wildman–Crippen MR) is 84.3 cm³/mol. The van der Waals surface area contributed by atoms with Gasteiger partial charge in [-0.25, -0.2) is 0 Å². The number of aromatic nitrogens is 1. The fraction of sp³-hybridized carbons (Fsp3) is 0.625. The third-order valence-electron chi connectivity index (χ3n) is 3.15. The van der Waals surface area contributed by atoms with Crippen molar-refractivity contribution in [2.75, 3.05) is 24.5 Å². The van der Waals surface area contributed by atoms with Gasteiger partial charge in [0, 0.05) is 25.8 Å². The quantitative estimate of drug-likeness (QED) is 0.705. The highest BCUT2D eigenvalue weighted by Crippen LogP contribution is 2.15. The lowest BCUT2D eigenvalue weighted by Crippen LogP contribution is -2.27. The standard InChI is InChI=1S/C16H27N3O/c1-4-7-8-18-16(20)14-11-15(13-17-12-14)19(9-5-2)10-6-3/h11-13H,4-10H2,1-3H3,(H,18,20). The van der Waals surface area contributed by atoms with E-state index in [0.29, 0.717) is 5.56 Å². The number of carbonyl (C=O) groups excluding carboxylic acids is 1. The number of hydrogen-bond acceptors (Lipinski definition) is 3. The van der Waals surface area contributed by atoms with Crippen LogP contribution in [0.5, 0.6) is 0 Å². The maximum absolute atomic E-state index is 12.0. The Morgan fingerprint density at radius 2 is 1.85 bits per heavy atom. The average Bonchev–Trinajstić information content (AvgIpc) is 2.47. The van der Waals surface area contributed by atoms with Crippen LogP contribution in [-0.2, 0) is 0 Å². The second kappa shape index (κ2) is 9.34. The molecule has 1 heterocycles. The van der Waals surface area contributed by atoms with Crippen LogP contribution < -0.4 is 10.2 Å². The number of amides is 1. The van der Waals surface area contributed by atoms with Crippen LogP contribution in [0.25, 0.3) is 0 Å². The summed E-state index contributed by atoms with van der Waals surface area (Å²) >= 11 is 0. The maximum atomic E-state index is 12.0. The lowest BCUT2D eigenvalue weighted by atomic mass is 10.2. The molecule has 1 aromatic heterocycles. The number of rotatable bonds is 9. The van der Waals surface area contributed by atoms with Gasteiger partial charge < -0.3 is 10.2 Å². The van der Waals surface area contributed by atoms with E-state index in [4.69, 9.17) is 0 Å². The molecule has 0 bridgehead atoms. The summed E-state index contributed by atoms with van der Waals surface area (Å²) in [4.78, 5) is 18.5. The van der Waals surface area contributed by atoms with Crippen LogP contribution in [0.15, 0.2) is 18.5 Å². The summed E-state index contributed by atoms with van der Waals surface area (Å²) in [5.74, 6) is -0.0271. The Hall–Kier alpha value is -1.58. The van der Waals surface area contributed by atoms with Gasteiger partial charge >= 0.3 is 0 Å². The first kappa shape index (κ1) is 16.5. The highest BCUT2D eigenvalue weighted by molar-refractivity contribution is 5.94. The molecule has 0 atom stereocenters. The number of anilines is 1. The SMILES string of the molecule is CCCCNC(=O)c1cncc(N(CCC)CCC)c1. The fourth-order valence-electron chi connectivity index (χ4n) is 2.12. The largest absolute Gasteiger partial charge is 0.370 e. The molecule has 4 nitrogen and oxygen atoms in total. The summed E-state index contributed by atoms with van der Waals surface area (Å²) in [6.45, 7) is 9.16. The van der Waals surface area contributed by atoms with Crippen LogP contribution in [0.3, 0.4) is 0 Å². The van der Waals surface area contributed by atoms with E-state index in [9.17, 15) is 4.79 Å². The van der Waals surface area contributed by atoms with E-state index in [2.05, 4.69) is 36.0 Å². The highest BCUT2D eigenvalue weighted by Gasteiger charge is 2.10. The minimum atomic E-state index is -0.0271. The van der Waals surface area contributed by atoms with Crippen molar-refractivity contribution in [2.45, 2.75) is 46.5 Å². The van der Waals surface area contributed by atoms with Gasteiger partial charge in [0.25, 0.3) is 5.91 Å². The first-order valence-electron chi connectivity index (χ1n) is 7.71. The summed E-state index contributed by atoms with van der Waals surface area (Å²) in [5, 5.41) is 2.93. The van der Waals surface area contributed by atoms with E-state index in [0.717, 1.165) is 51.0 Å². The van der Waals surface area contributed by atoms with Gasteiger partial charge in [-0.15, -0.1) is 0 Å². The Kier molecular flexibility index (Phi) is 7.70. The first-order valence-corrected chi connectivity index (χ1v) is 7.71. The lowest BCUT2D eigenvalue weighted by molar-refractivity contribution is 0.0953. The summed E-state index contributed by atoms with van der Waals surface area (Å²) in [7, 11) is 0. The Labute approximate surface area is 122 Å². The average molecular weight is 277 g/mol. The zero-order valence-corrected chi connectivity index (χ0v) is 13.0. The van der Waals surface area contributed by atoms with Gasteiger partial charge in [-0.3, -0.25) is 9.78 Å². The molecule has 1 amide bonds. The summed E-state index contributed by atoms with van der Waals surface area (Å²) in [6.07, 6.45) is 7.75. The van der Waals surface area contributed by atoms with Crippen molar-refractivity contribution >= 4 is 11.6 Å². The van der Waals surface area contributed by atoms with Gasteiger partial charge in [0.1, 0.15) is 0 Å². The van der Waals surface area contributed by atoms with E-state index >= 15 is 0 Å². The molecule has 1 N–H and O–H groups in total. The van der Waals surface area contributed by atoms with Gasteiger partial charge in [-0.05, 0) is 25.3 Å². The van der Waals surface area contributed by atoms with Gasteiger partial charge in [0.2, 0.25) is 0 Å². The Bertz CT molecular complexity index is 400. The number of nitrogens with one attached hydrogen (secondary N) is 1. The molecule has 1 aromatic rings. The van der Waals surface area contributed by atoms with Crippen molar-refractivity contribution in [2.24, 2.45) is 0 Å². The van der Waals surface area contributed by atoms with Crippen molar-refractivity contribution in [1.82, 2.24) is 10.3 Å². The third-order valence-corrected chi connectivity index (χ3v) is 3.15. The Morgan fingerprint density at radius 1 is 1.15 bits per heavy atom. The molecule has 0 aliphatic rings. The van der Waals surface area contributed by atoms with E-state index in [-0.39, 0.29) is 5.91 Å². The molecule has 1 rings (SSSR count). The molecule has 20 heavy (non-hydrogen) atoms. The monoisotopic (exact) mass is 277 g/mol. The number of pyridine rings is 1. The van der Waals surface area contributed by atoms with Gasteiger partial charge in [0.05, 0.1) is 17.4 Å². The van der Waals surface area contributed by atoms with E-state index in [1.54, 1.807) is 6.20 Å². The molecule has 112 valence electrons. The van der Waals surface area contributed by atoms with Crippen molar-refractivity contribution in [3.8, 4) is 0 Å². The summed E-state index contributed by atoms with van der Waals surface area (Å²) in [6, 6.07) is 1.94. The molecular weight excluding hydrogens is 250 g/mol. The number of unbranched alkanes of at least 4 members (excludes halogenated alkanes) is 1. The molecule has 0 spiro atoms. The molecule has 0 saturated heterocycles. The molecule has 0 aliphatic carbocycles. The fourth-order valence-corrected chi connectivity index (χ4v) is 2.12. The number of nitrogens with zero attached hydrogens (tertiary/aromatic N) is 2. The lowest BCUT2D eigenvalue weighted by Gasteiger charge is -2.23. The Morgan fingerprint density at radius 3 is 2.45 bits per heavy atom. The van der Waals surface area contributed by atoms with Crippen LogP contribution in [0.4, 0.5) is 5.69 Å². The van der Waals surface area contributed by atoms with Gasteiger partial charge in [-0.2, -0.15) is 0 Å². The molecule has 0 aromatic carbocycles. The number of carbonyl (C=O) groups is 1. The molecule has 0 saturated carbocycles. The number of hydrogen-bond donors (Lipinski definition) is 1. The van der Waals surface area contributed by atoms with E-state index in [1.807, 2.05) is 12.3 Å². The molecule has 0 radical (unpaired) electrons. The minimum absolute atomic E-state index is 0.0271. The first-order chi connectivity index (χ1) is 9.72. The van der Waals surface area contributed by atoms with Crippen LogP contribution in [0, 0.1) is 0 Å². The van der Waals surface area contributed by atoms with E-state index < -0.39 is 0 Å². The predicted octanol–water partition coefficient (Wildman–Crippen LogP) is 3.24. The minimum Gasteiger partial charge on any atom is -0.370 e. The van der Waals surface area contributed by atoms with Crippen LogP contribution in [0.1, 0.15) is 56.8 Å². The van der Waals surface area contributed by atoms with Gasteiger partial charge in [-0.1, -0.05) is 27.2 Å². The summed E-state index contributed by atoms with van der Waals surface area (Å²) in [5.41, 5.74) is 1.69. The summed E-state index contributed by atoms with van der Waals surface area (Å²) < 4.78 is 0. The maximum Gasteiger partial charge on any atom is 0.252 e. The van der Waals surface area contributed by atoms with Gasteiger partial charge in [0.15, 0.2) is 0 Å². The van der Waals surface area contributed by atoms with Crippen molar-refractivity contribution in [3.05, 3.63) is 24.0 Å². The highest BCUT2D eigenvalue weighted by atomic mass is 16.1. The smallest absolute Gasteiger partial charge is 0.252 e. The zero-order valence-electron chi connectivity index (χ0n) is 13.0. The normalized spacial score (nSPS) is 10.3. The second-order valence-electron chi connectivity index (χ2n) is 5.03. The van der Waals surface area contributed by atoms with Crippen LogP contribution in [-0.4, -0.2) is 30.5 Å². The topological polar surface area (TPSA) is 45.2 Å². The van der Waals surface area contributed by atoms with Crippen molar-refractivity contribution in [1.29, 1.82) is 0 Å². The van der Waals surface area contributed by atoms with Crippen molar-refractivity contribution < 1.29 is 4.79 Å². The van der Waals surface area contributed by atoms with Crippen LogP contribution in [0.2, 0.25) is 0 Å². The zero-order chi connectivity index (χ0) is 14.8. The van der Waals surface area contributed by atoms with Crippen molar-refractivity contribution in [3.63, 3.8) is 0 Å². The molecule has 4 heteroatoms. The molecule has 0 unspecified atom stereocenters. The second-order valence-corrected chi connectivity index (χ2v) is 5.03. The molecule has 0 fully saturated rings. The van der Waals surface area contributed by atoms with Crippen LogP contribution >= 0.6 is 0 Å². The molecule has 0 aliphatic heterocycles.